The number of rotatable bonds is 5. The summed E-state index contributed by atoms with van der Waals surface area (Å²) >= 11 is 13.4. The van der Waals surface area contributed by atoms with Crippen molar-refractivity contribution >= 4 is 46.6 Å². The second kappa shape index (κ2) is 6.25. The standard InChI is InChI=1S/C13H12Cl2N4OS/c14-9-2-1-3-10(15)12(9)17-11(20)6-21-13-18-16-7-19(13)8-4-5-8/h1-3,7-8H,4-6H2,(H,17,20). The summed E-state index contributed by atoms with van der Waals surface area (Å²) < 4.78 is 2.01. The van der Waals surface area contributed by atoms with Crippen LogP contribution in [0.5, 0.6) is 0 Å². The van der Waals surface area contributed by atoms with Crippen LogP contribution in [-0.4, -0.2) is 26.4 Å². The van der Waals surface area contributed by atoms with Gasteiger partial charge in [0.15, 0.2) is 5.16 Å². The maximum Gasteiger partial charge on any atom is 0.234 e. The van der Waals surface area contributed by atoms with E-state index in [4.69, 9.17) is 23.2 Å². The number of aromatic nitrogens is 3. The third kappa shape index (κ3) is 3.51. The van der Waals surface area contributed by atoms with Crippen molar-refractivity contribution < 1.29 is 4.79 Å². The molecule has 1 amide bonds. The van der Waals surface area contributed by atoms with Crippen LogP contribution in [0.15, 0.2) is 29.7 Å². The van der Waals surface area contributed by atoms with E-state index in [1.54, 1.807) is 24.5 Å². The minimum atomic E-state index is -0.180. The number of nitrogens with one attached hydrogen (secondary N) is 1. The molecule has 1 fully saturated rings. The highest BCUT2D eigenvalue weighted by atomic mass is 35.5. The molecule has 1 aromatic carbocycles. The van der Waals surface area contributed by atoms with Crippen LogP contribution in [0.4, 0.5) is 5.69 Å². The quantitative estimate of drug-likeness (QED) is 0.842. The number of nitrogens with zero attached hydrogens (tertiary/aromatic N) is 3. The maximum atomic E-state index is 12.0. The van der Waals surface area contributed by atoms with Gasteiger partial charge in [-0.15, -0.1) is 10.2 Å². The molecular weight excluding hydrogens is 331 g/mol. The zero-order valence-corrected chi connectivity index (χ0v) is 13.3. The van der Waals surface area contributed by atoms with E-state index in [-0.39, 0.29) is 11.7 Å². The zero-order valence-electron chi connectivity index (χ0n) is 10.9. The Labute approximate surface area is 136 Å². The molecule has 0 aliphatic heterocycles. The number of amides is 1. The predicted molar refractivity (Wildman–Crippen MR) is 84.1 cm³/mol. The molecule has 0 atom stereocenters. The van der Waals surface area contributed by atoms with Crippen LogP contribution in [0, 0.1) is 0 Å². The third-order valence-electron chi connectivity index (χ3n) is 3.04. The van der Waals surface area contributed by atoms with Crippen molar-refractivity contribution in [1.82, 2.24) is 14.8 Å². The number of benzene rings is 1. The van der Waals surface area contributed by atoms with Crippen LogP contribution >= 0.6 is 35.0 Å². The number of halogens is 2. The highest BCUT2D eigenvalue weighted by Crippen LogP contribution is 2.37. The van der Waals surface area contributed by atoms with E-state index in [0.717, 1.165) is 18.0 Å². The SMILES string of the molecule is O=C(CSc1nncn1C1CC1)Nc1c(Cl)cccc1Cl. The lowest BCUT2D eigenvalue weighted by Gasteiger charge is -2.09. The van der Waals surface area contributed by atoms with E-state index in [1.807, 2.05) is 4.57 Å². The molecule has 3 rings (SSSR count). The number of para-hydroxylation sites is 1. The van der Waals surface area contributed by atoms with E-state index in [1.165, 1.54) is 11.8 Å². The van der Waals surface area contributed by atoms with Gasteiger partial charge in [-0.25, -0.2) is 0 Å². The summed E-state index contributed by atoms with van der Waals surface area (Å²) in [5.41, 5.74) is 0.440. The molecule has 1 heterocycles. The van der Waals surface area contributed by atoms with Crippen molar-refractivity contribution in [2.45, 2.75) is 24.0 Å². The van der Waals surface area contributed by atoms with Gasteiger partial charge in [-0.2, -0.15) is 0 Å². The van der Waals surface area contributed by atoms with E-state index in [0.29, 0.717) is 21.8 Å². The van der Waals surface area contributed by atoms with Crippen molar-refractivity contribution in [3.63, 3.8) is 0 Å². The molecular formula is C13H12Cl2N4OS. The van der Waals surface area contributed by atoms with Crippen LogP contribution in [0.3, 0.4) is 0 Å². The first-order chi connectivity index (χ1) is 10.1. The molecule has 0 radical (unpaired) electrons. The Morgan fingerprint density at radius 2 is 2.10 bits per heavy atom. The zero-order chi connectivity index (χ0) is 14.8. The lowest BCUT2D eigenvalue weighted by atomic mass is 10.3. The van der Waals surface area contributed by atoms with E-state index < -0.39 is 0 Å². The van der Waals surface area contributed by atoms with Gasteiger partial charge in [-0.1, -0.05) is 41.0 Å². The average molecular weight is 343 g/mol. The normalized spacial score (nSPS) is 14.2. The van der Waals surface area contributed by atoms with E-state index in [2.05, 4.69) is 15.5 Å². The molecule has 0 saturated heterocycles. The second-order valence-electron chi connectivity index (χ2n) is 4.69. The second-order valence-corrected chi connectivity index (χ2v) is 6.44. The Morgan fingerprint density at radius 3 is 2.76 bits per heavy atom. The van der Waals surface area contributed by atoms with Gasteiger partial charge >= 0.3 is 0 Å². The summed E-state index contributed by atoms with van der Waals surface area (Å²) in [6, 6.07) is 5.58. The van der Waals surface area contributed by atoms with Gasteiger partial charge in [0.2, 0.25) is 5.91 Å². The first kappa shape index (κ1) is 14.7. The molecule has 110 valence electrons. The van der Waals surface area contributed by atoms with Gasteiger partial charge in [0.1, 0.15) is 6.33 Å². The molecule has 1 aromatic heterocycles. The van der Waals surface area contributed by atoms with Crippen LogP contribution in [0.2, 0.25) is 10.0 Å². The number of anilines is 1. The lowest BCUT2D eigenvalue weighted by Crippen LogP contribution is -2.15. The number of thioether (sulfide) groups is 1. The fraction of sp³-hybridized carbons (Fsp3) is 0.308. The van der Waals surface area contributed by atoms with Crippen molar-refractivity contribution in [3.8, 4) is 0 Å². The Balaban J connectivity index is 1.60. The molecule has 0 unspecified atom stereocenters. The minimum Gasteiger partial charge on any atom is -0.323 e. The summed E-state index contributed by atoms with van der Waals surface area (Å²) in [5.74, 6) is 0.0489. The largest absolute Gasteiger partial charge is 0.323 e. The summed E-state index contributed by atoms with van der Waals surface area (Å²) in [5, 5.41) is 12.3. The van der Waals surface area contributed by atoms with E-state index in [9.17, 15) is 4.79 Å². The number of hydrogen-bond donors (Lipinski definition) is 1. The molecule has 0 bridgehead atoms. The molecule has 8 heteroatoms. The molecule has 1 aliphatic carbocycles. The molecule has 2 aromatic rings. The summed E-state index contributed by atoms with van der Waals surface area (Å²) in [7, 11) is 0. The molecule has 5 nitrogen and oxygen atoms in total. The predicted octanol–water partition coefficient (Wildman–Crippen LogP) is 3.65. The first-order valence-electron chi connectivity index (χ1n) is 6.41. The number of carbonyl (C=O) groups excluding carboxylic acids is 1. The van der Waals surface area contributed by atoms with Gasteiger partial charge in [-0.3, -0.25) is 4.79 Å². The summed E-state index contributed by atoms with van der Waals surface area (Å²) in [6.45, 7) is 0. The monoisotopic (exact) mass is 342 g/mol. The van der Waals surface area contributed by atoms with Crippen molar-refractivity contribution in [2.75, 3.05) is 11.1 Å². The van der Waals surface area contributed by atoms with E-state index >= 15 is 0 Å². The van der Waals surface area contributed by atoms with Crippen molar-refractivity contribution in [3.05, 3.63) is 34.6 Å². The van der Waals surface area contributed by atoms with Crippen LogP contribution < -0.4 is 5.32 Å². The molecule has 21 heavy (non-hydrogen) atoms. The summed E-state index contributed by atoms with van der Waals surface area (Å²) in [6.07, 6.45) is 4.00. The molecule has 1 aliphatic rings. The minimum absolute atomic E-state index is 0.180. The third-order valence-corrected chi connectivity index (χ3v) is 4.63. The van der Waals surface area contributed by atoms with Crippen LogP contribution in [0.25, 0.3) is 0 Å². The molecule has 1 N–H and O–H groups in total. The van der Waals surface area contributed by atoms with Gasteiger partial charge in [0.25, 0.3) is 0 Å². The first-order valence-corrected chi connectivity index (χ1v) is 8.15. The fourth-order valence-electron chi connectivity index (χ4n) is 1.86. The molecule has 0 spiro atoms. The Bertz CT molecular complexity index is 652. The maximum absolute atomic E-state index is 12.0. The Hall–Kier alpha value is -1.24. The topological polar surface area (TPSA) is 59.8 Å². The lowest BCUT2D eigenvalue weighted by molar-refractivity contribution is -0.113. The number of hydrogen-bond acceptors (Lipinski definition) is 4. The van der Waals surface area contributed by atoms with Crippen molar-refractivity contribution in [1.29, 1.82) is 0 Å². The van der Waals surface area contributed by atoms with Gasteiger partial charge < -0.3 is 9.88 Å². The van der Waals surface area contributed by atoms with Crippen LogP contribution in [0.1, 0.15) is 18.9 Å². The number of carbonyl (C=O) groups is 1. The highest BCUT2D eigenvalue weighted by molar-refractivity contribution is 7.99. The van der Waals surface area contributed by atoms with Gasteiger partial charge in [0.05, 0.1) is 21.5 Å². The van der Waals surface area contributed by atoms with Crippen LogP contribution in [-0.2, 0) is 4.79 Å². The fourth-order valence-corrected chi connectivity index (χ4v) is 3.14. The summed E-state index contributed by atoms with van der Waals surface area (Å²) in [4.78, 5) is 12.0. The highest BCUT2D eigenvalue weighted by Gasteiger charge is 2.26. The Kier molecular flexibility index (Phi) is 4.37. The Morgan fingerprint density at radius 1 is 1.38 bits per heavy atom. The smallest absolute Gasteiger partial charge is 0.234 e. The van der Waals surface area contributed by atoms with Crippen molar-refractivity contribution in [2.24, 2.45) is 0 Å². The van der Waals surface area contributed by atoms with Gasteiger partial charge in [0, 0.05) is 6.04 Å². The average Bonchev–Trinajstić information content (AvgIpc) is 3.19. The molecule has 1 saturated carbocycles. The van der Waals surface area contributed by atoms with Gasteiger partial charge in [-0.05, 0) is 25.0 Å².